The lowest BCUT2D eigenvalue weighted by molar-refractivity contribution is 0.661. The molecule has 0 nitrogen and oxygen atoms in total. The highest BCUT2D eigenvalue weighted by Gasteiger charge is 2.14. The summed E-state index contributed by atoms with van der Waals surface area (Å²) in [5.74, 6) is 0.724. The molecule has 0 aromatic heterocycles. The molecule has 2 rings (SSSR count). The topological polar surface area (TPSA) is 0 Å². The summed E-state index contributed by atoms with van der Waals surface area (Å²) in [4.78, 5) is 0. The molecule has 0 bridgehead atoms. The van der Waals surface area contributed by atoms with E-state index in [2.05, 4.69) is 44.2 Å². The van der Waals surface area contributed by atoms with Crippen LogP contribution in [-0.2, 0) is 0 Å². The van der Waals surface area contributed by atoms with Gasteiger partial charge < -0.3 is 0 Å². The lowest BCUT2D eigenvalue weighted by Gasteiger charge is -2.21. The zero-order valence-corrected chi connectivity index (χ0v) is 11.1. The van der Waals surface area contributed by atoms with Gasteiger partial charge in [-0.1, -0.05) is 56.7 Å². The number of hydrogen-bond acceptors (Lipinski definition) is 0. The molecule has 0 radical (unpaired) electrons. The van der Waals surface area contributed by atoms with Crippen molar-refractivity contribution >= 4 is 0 Å². The van der Waals surface area contributed by atoms with Gasteiger partial charge in [0.05, 0.1) is 0 Å². The second-order valence-electron chi connectivity index (χ2n) is 4.37. The predicted octanol–water partition coefficient (Wildman–Crippen LogP) is 5.20. The third-order valence-corrected chi connectivity index (χ3v) is 3.28. The van der Waals surface area contributed by atoms with Crippen LogP contribution >= 0.6 is 0 Å². The van der Waals surface area contributed by atoms with Gasteiger partial charge >= 0.3 is 0 Å². The van der Waals surface area contributed by atoms with Crippen LogP contribution < -0.4 is 0 Å². The maximum atomic E-state index is 2.32. The minimum atomic E-state index is 0.724. The molecule has 0 aliphatic heterocycles. The van der Waals surface area contributed by atoms with Crippen LogP contribution in [0, 0.1) is 5.92 Å². The standard InChI is InChI=1S/C14H18.C2H6/c1-11-8-9-14(10-12(11)2)13-6-4-3-5-7-13;1-2/h3-4,6,8-9,12H,5,7,10H2,1-2H3;1-2H3. The SMILES string of the molecule is CC.CC1=CC=C(C2=CC=CCC2)CC1C. The molecular formula is C16H24. The molecule has 16 heavy (non-hydrogen) atoms. The fourth-order valence-electron chi connectivity index (χ4n) is 2.06. The Morgan fingerprint density at radius 3 is 2.38 bits per heavy atom. The van der Waals surface area contributed by atoms with Gasteiger partial charge in [0.1, 0.15) is 0 Å². The van der Waals surface area contributed by atoms with E-state index in [1.54, 1.807) is 11.1 Å². The lowest BCUT2D eigenvalue weighted by Crippen LogP contribution is -2.05. The van der Waals surface area contributed by atoms with Crippen molar-refractivity contribution in [2.75, 3.05) is 0 Å². The highest BCUT2D eigenvalue weighted by molar-refractivity contribution is 5.41. The largest absolute Gasteiger partial charge is 0.0842 e. The Morgan fingerprint density at radius 1 is 1.06 bits per heavy atom. The number of hydrogen-bond donors (Lipinski definition) is 0. The maximum absolute atomic E-state index is 2.32. The van der Waals surface area contributed by atoms with E-state index >= 15 is 0 Å². The molecule has 0 aromatic rings. The molecule has 0 heterocycles. The van der Waals surface area contributed by atoms with Gasteiger partial charge in [-0.2, -0.15) is 0 Å². The van der Waals surface area contributed by atoms with Crippen LogP contribution in [0.2, 0.25) is 0 Å². The Bertz CT molecular complexity index is 337. The number of allylic oxidation sites excluding steroid dienone is 8. The van der Waals surface area contributed by atoms with Gasteiger partial charge in [-0.3, -0.25) is 0 Å². The van der Waals surface area contributed by atoms with E-state index in [-0.39, 0.29) is 0 Å². The fraction of sp³-hybridized carbons (Fsp3) is 0.500. The molecule has 0 N–H and O–H groups in total. The minimum Gasteiger partial charge on any atom is -0.0842 e. The van der Waals surface area contributed by atoms with Crippen LogP contribution in [0.4, 0.5) is 0 Å². The first kappa shape index (κ1) is 13.0. The van der Waals surface area contributed by atoms with E-state index in [0.717, 1.165) is 5.92 Å². The van der Waals surface area contributed by atoms with E-state index in [0.29, 0.717) is 0 Å². The average molecular weight is 216 g/mol. The van der Waals surface area contributed by atoms with Crippen molar-refractivity contribution in [2.45, 2.75) is 47.0 Å². The summed E-state index contributed by atoms with van der Waals surface area (Å²) in [6.07, 6.45) is 15.0. The smallest absolute Gasteiger partial charge is 0.0191 e. The van der Waals surface area contributed by atoms with Crippen molar-refractivity contribution < 1.29 is 0 Å². The summed E-state index contributed by atoms with van der Waals surface area (Å²) in [6.45, 7) is 8.55. The Kier molecular flexibility index (Phi) is 5.31. The molecular weight excluding hydrogens is 192 g/mol. The monoisotopic (exact) mass is 216 g/mol. The van der Waals surface area contributed by atoms with E-state index in [9.17, 15) is 0 Å². The quantitative estimate of drug-likeness (QED) is 0.565. The normalized spacial score (nSPS) is 23.8. The van der Waals surface area contributed by atoms with Crippen molar-refractivity contribution in [1.29, 1.82) is 0 Å². The summed E-state index contributed by atoms with van der Waals surface area (Å²) in [5.41, 5.74) is 4.61. The lowest BCUT2D eigenvalue weighted by atomic mass is 9.84. The summed E-state index contributed by atoms with van der Waals surface area (Å²) >= 11 is 0. The van der Waals surface area contributed by atoms with E-state index in [1.807, 2.05) is 13.8 Å². The van der Waals surface area contributed by atoms with Crippen LogP contribution in [0.5, 0.6) is 0 Å². The molecule has 88 valence electrons. The Labute approximate surface area is 100 Å². The molecule has 2 aliphatic rings. The van der Waals surface area contributed by atoms with Gasteiger partial charge in [0, 0.05) is 0 Å². The molecule has 1 unspecified atom stereocenters. The predicted molar refractivity (Wildman–Crippen MR) is 73.4 cm³/mol. The maximum Gasteiger partial charge on any atom is -0.0191 e. The van der Waals surface area contributed by atoms with Crippen LogP contribution in [-0.4, -0.2) is 0 Å². The first-order chi connectivity index (χ1) is 7.77. The molecule has 0 saturated heterocycles. The van der Waals surface area contributed by atoms with Gasteiger partial charge in [-0.25, -0.2) is 0 Å². The summed E-state index contributed by atoms with van der Waals surface area (Å²) in [5, 5.41) is 0. The van der Waals surface area contributed by atoms with Crippen molar-refractivity contribution in [3.05, 3.63) is 47.1 Å². The molecule has 1 atom stereocenters. The van der Waals surface area contributed by atoms with Crippen LogP contribution in [0.15, 0.2) is 47.1 Å². The van der Waals surface area contributed by atoms with E-state index in [4.69, 9.17) is 0 Å². The van der Waals surface area contributed by atoms with Crippen molar-refractivity contribution in [3.63, 3.8) is 0 Å². The van der Waals surface area contributed by atoms with Gasteiger partial charge in [-0.15, -0.1) is 0 Å². The van der Waals surface area contributed by atoms with Crippen LogP contribution in [0.3, 0.4) is 0 Å². The Hall–Kier alpha value is -1.04. The van der Waals surface area contributed by atoms with E-state index in [1.165, 1.54) is 24.8 Å². The van der Waals surface area contributed by atoms with Gasteiger partial charge in [0.25, 0.3) is 0 Å². The molecule has 0 fully saturated rings. The molecule has 0 heteroatoms. The zero-order valence-electron chi connectivity index (χ0n) is 11.1. The minimum absolute atomic E-state index is 0.724. The first-order valence-corrected chi connectivity index (χ1v) is 6.51. The van der Waals surface area contributed by atoms with Crippen LogP contribution in [0.25, 0.3) is 0 Å². The highest BCUT2D eigenvalue weighted by Crippen LogP contribution is 2.31. The molecule has 0 spiro atoms. The molecule has 0 saturated carbocycles. The van der Waals surface area contributed by atoms with Crippen molar-refractivity contribution in [1.82, 2.24) is 0 Å². The molecule has 2 aliphatic carbocycles. The third-order valence-electron chi connectivity index (χ3n) is 3.28. The highest BCUT2D eigenvalue weighted by atomic mass is 14.2. The Morgan fingerprint density at radius 2 is 1.81 bits per heavy atom. The fourth-order valence-corrected chi connectivity index (χ4v) is 2.06. The van der Waals surface area contributed by atoms with Gasteiger partial charge in [-0.05, 0) is 43.3 Å². The second kappa shape index (κ2) is 6.52. The molecule has 0 amide bonds. The van der Waals surface area contributed by atoms with Crippen molar-refractivity contribution in [3.8, 4) is 0 Å². The Balaban J connectivity index is 0.000000606. The van der Waals surface area contributed by atoms with Crippen LogP contribution in [0.1, 0.15) is 47.0 Å². The number of rotatable bonds is 1. The van der Waals surface area contributed by atoms with E-state index < -0.39 is 0 Å². The average Bonchev–Trinajstić information content (AvgIpc) is 2.36. The van der Waals surface area contributed by atoms with Gasteiger partial charge in [0.2, 0.25) is 0 Å². The zero-order chi connectivity index (χ0) is 12.0. The summed E-state index contributed by atoms with van der Waals surface area (Å²) in [6, 6.07) is 0. The molecule has 0 aromatic carbocycles. The summed E-state index contributed by atoms with van der Waals surface area (Å²) < 4.78 is 0. The first-order valence-electron chi connectivity index (χ1n) is 6.51. The van der Waals surface area contributed by atoms with Gasteiger partial charge in [0.15, 0.2) is 0 Å². The third kappa shape index (κ3) is 3.23. The second-order valence-corrected chi connectivity index (χ2v) is 4.37. The van der Waals surface area contributed by atoms with Crippen molar-refractivity contribution in [2.24, 2.45) is 5.92 Å². The summed E-state index contributed by atoms with van der Waals surface area (Å²) in [7, 11) is 0.